The zero-order valence-electron chi connectivity index (χ0n) is 15.7. The number of hydrogen-bond donors (Lipinski definition) is 2. The fourth-order valence-corrected chi connectivity index (χ4v) is 2.96. The van der Waals surface area contributed by atoms with Crippen molar-refractivity contribution in [3.05, 3.63) is 65.2 Å². The Kier molecular flexibility index (Phi) is 5.21. The first-order valence-corrected chi connectivity index (χ1v) is 8.97. The van der Waals surface area contributed by atoms with Gasteiger partial charge in [0.25, 0.3) is 0 Å². The van der Waals surface area contributed by atoms with E-state index in [0.717, 1.165) is 27.6 Å². The van der Waals surface area contributed by atoms with Crippen LogP contribution in [0.3, 0.4) is 0 Å². The number of hydrazone groups is 1. The van der Waals surface area contributed by atoms with Crippen LogP contribution in [0.1, 0.15) is 56.2 Å². The molecule has 0 bridgehead atoms. The van der Waals surface area contributed by atoms with Crippen LogP contribution >= 0.6 is 0 Å². The van der Waals surface area contributed by atoms with Gasteiger partial charge in [-0.2, -0.15) is 5.10 Å². The average molecular weight is 347 g/mol. The van der Waals surface area contributed by atoms with Crippen molar-refractivity contribution in [2.75, 3.05) is 5.43 Å². The van der Waals surface area contributed by atoms with Crippen LogP contribution in [-0.4, -0.2) is 16.3 Å². The number of para-hydroxylation sites is 1. The molecule has 0 unspecified atom stereocenters. The molecule has 1 aromatic heterocycles. The second kappa shape index (κ2) is 7.56. The lowest BCUT2D eigenvalue weighted by atomic mass is 9.92. The SMILES string of the molecule is CC(C)c1cc(/C=N\Nc2ccc3ccccc3n2)cc(C(C)C)c1O. The largest absolute Gasteiger partial charge is 0.507 e. The summed E-state index contributed by atoms with van der Waals surface area (Å²) in [4.78, 5) is 4.55. The van der Waals surface area contributed by atoms with Crippen molar-refractivity contribution in [3.63, 3.8) is 0 Å². The summed E-state index contributed by atoms with van der Waals surface area (Å²) in [6.07, 6.45) is 1.77. The molecule has 2 aromatic carbocycles. The summed E-state index contributed by atoms with van der Waals surface area (Å²) in [6, 6.07) is 15.9. The Balaban J connectivity index is 1.85. The van der Waals surface area contributed by atoms with E-state index in [1.807, 2.05) is 48.5 Å². The van der Waals surface area contributed by atoms with Gasteiger partial charge in [-0.15, -0.1) is 0 Å². The quantitative estimate of drug-likeness (QED) is 0.464. The van der Waals surface area contributed by atoms with Gasteiger partial charge in [-0.3, -0.25) is 5.43 Å². The minimum Gasteiger partial charge on any atom is -0.507 e. The van der Waals surface area contributed by atoms with Crippen LogP contribution < -0.4 is 5.43 Å². The first kappa shape index (κ1) is 17.9. The maximum Gasteiger partial charge on any atom is 0.146 e. The molecule has 4 heteroatoms. The van der Waals surface area contributed by atoms with Crippen molar-refractivity contribution in [2.24, 2.45) is 5.10 Å². The minimum absolute atomic E-state index is 0.246. The van der Waals surface area contributed by atoms with Gasteiger partial charge in [-0.05, 0) is 58.9 Å². The van der Waals surface area contributed by atoms with Gasteiger partial charge in [0.15, 0.2) is 0 Å². The number of hydrogen-bond acceptors (Lipinski definition) is 4. The maximum absolute atomic E-state index is 10.5. The number of fused-ring (bicyclic) bond motifs is 1. The van der Waals surface area contributed by atoms with Gasteiger partial charge in [0, 0.05) is 5.39 Å². The van der Waals surface area contributed by atoms with E-state index in [-0.39, 0.29) is 11.8 Å². The van der Waals surface area contributed by atoms with Gasteiger partial charge in [0.05, 0.1) is 11.7 Å². The molecule has 0 aliphatic carbocycles. The number of anilines is 1. The molecular formula is C22H25N3O. The summed E-state index contributed by atoms with van der Waals surface area (Å²) < 4.78 is 0. The van der Waals surface area contributed by atoms with E-state index in [0.29, 0.717) is 11.6 Å². The fourth-order valence-electron chi connectivity index (χ4n) is 2.96. The third-order valence-electron chi connectivity index (χ3n) is 4.43. The predicted molar refractivity (Wildman–Crippen MR) is 109 cm³/mol. The number of phenols is 1. The molecule has 0 radical (unpaired) electrons. The van der Waals surface area contributed by atoms with Crippen molar-refractivity contribution in [1.29, 1.82) is 0 Å². The van der Waals surface area contributed by atoms with Gasteiger partial charge in [0.1, 0.15) is 11.6 Å². The Hall–Kier alpha value is -2.88. The lowest BCUT2D eigenvalue weighted by Gasteiger charge is -2.16. The zero-order valence-corrected chi connectivity index (χ0v) is 15.7. The van der Waals surface area contributed by atoms with Gasteiger partial charge in [-0.25, -0.2) is 4.98 Å². The average Bonchev–Trinajstić information content (AvgIpc) is 2.62. The number of aromatic hydroxyl groups is 1. The van der Waals surface area contributed by atoms with E-state index in [9.17, 15) is 5.11 Å². The van der Waals surface area contributed by atoms with E-state index < -0.39 is 0 Å². The summed E-state index contributed by atoms with van der Waals surface area (Å²) in [7, 11) is 0. The maximum atomic E-state index is 10.5. The van der Waals surface area contributed by atoms with E-state index in [2.05, 4.69) is 43.2 Å². The molecule has 0 saturated heterocycles. The Morgan fingerprint density at radius 3 is 2.27 bits per heavy atom. The van der Waals surface area contributed by atoms with Gasteiger partial charge >= 0.3 is 0 Å². The van der Waals surface area contributed by atoms with Crippen LogP contribution in [0.5, 0.6) is 5.75 Å². The van der Waals surface area contributed by atoms with Crippen LogP contribution in [0, 0.1) is 0 Å². The number of rotatable bonds is 5. The molecule has 0 atom stereocenters. The normalized spacial score (nSPS) is 11.8. The van der Waals surface area contributed by atoms with Gasteiger partial charge < -0.3 is 5.11 Å². The van der Waals surface area contributed by atoms with Crippen molar-refractivity contribution in [3.8, 4) is 5.75 Å². The van der Waals surface area contributed by atoms with Crippen LogP contribution in [-0.2, 0) is 0 Å². The topological polar surface area (TPSA) is 57.5 Å². The van der Waals surface area contributed by atoms with E-state index in [1.54, 1.807) is 6.21 Å². The smallest absolute Gasteiger partial charge is 0.146 e. The number of pyridine rings is 1. The standard InChI is InChI=1S/C22H25N3O/c1-14(2)18-11-16(12-19(15(3)4)22(18)26)13-23-25-21-10-9-17-7-5-6-8-20(17)24-21/h5-15,26H,1-4H3,(H,24,25)/b23-13-. The molecule has 134 valence electrons. The Morgan fingerprint density at radius 1 is 0.962 bits per heavy atom. The molecule has 0 spiro atoms. The minimum atomic E-state index is 0.246. The highest BCUT2D eigenvalue weighted by atomic mass is 16.3. The predicted octanol–water partition coefficient (Wildman–Crippen LogP) is 5.63. The highest BCUT2D eigenvalue weighted by molar-refractivity contribution is 5.82. The van der Waals surface area contributed by atoms with Crippen LogP contribution in [0.4, 0.5) is 5.82 Å². The van der Waals surface area contributed by atoms with Crippen LogP contribution in [0.15, 0.2) is 53.6 Å². The zero-order chi connectivity index (χ0) is 18.7. The number of phenolic OH excluding ortho intramolecular Hbond substituents is 1. The molecule has 3 aromatic rings. The molecule has 0 aliphatic heterocycles. The molecule has 4 nitrogen and oxygen atoms in total. The molecule has 0 amide bonds. The van der Waals surface area contributed by atoms with E-state index in [4.69, 9.17) is 0 Å². The second-order valence-electron chi connectivity index (χ2n) is 7.12. The van der Waals surface area contributed by atoms with Crippen molar-refractivity contribution in [2.45, 2.75) is 39.5 Å². The molecule has 0 saturated carbocycles. The molecule has 2 N–H and O–H groups in total. The monoisotopic (exact) mass is 347 g/mol. The first-order valence-electron chi connectivity index (χ1n) is 8.97. The first-order chi connectivity index (χ1) is 12.5. The Labute approximate surface area is 154 Å². The van der Waals surface area contributed by atoms with E-state index >= 15 is 0 Å². The number of benzene rings is 2. The van der Waals surface area contributed by atoms with Crippen molar-refractivity contribution < 1.29 is 5.11 Å². The molecule has 26 heavy (non-hydrogen) atoms. The third-order valence-corrected chi connectivity index (χ3v) is 4.43. The molecular weight excluding hydrogens is 322 g/mol. The molecule has 1 heterocycles. The Bertz CT molecular complexity index is 916. The number of nitrogens with one attached hydrogen (secondary N) is 1. The summed E-state index contributed by atoms with van der Waals surface area (Å²) in [5, 5.41) is 15.9. The highest BCUT2D eigenvalue weighted by Crippen LogP contribution is 2.34. The molecule has 0 fully saturated rings. The summed E-state index contributed by atoms with van der Waals surface area (Å²) >= 11 is 0. The second-order valence-corrected chi connectivity index (χ2v) is 7.12. The van der Waals surface area contributed by atoms with Crippen molar-refractivity contribution in [1.82, 2.24) is 4.98 Å². The number of nitrogens with zero attached hydrogens (tertiary/aromatic N) is 2. The lowest BCUT2D eigenvalue weighted by Crippen LogP contribution is -1.99. The highest BCUT2D eigenvalue weighted by Gasteiger charge is 2.14. The number of aromatic nitrogens is 1. The Morgan fingerprint density at radius 2 is 1.62 bits per heavy atom. The summed E-state index contributed by atoms with van der Waals surface area (Å²) in [5.41, 5.74) is 6.78. The molecule has 3 rings (SSSR count). The van der Waals surface area contributed by atoms with Crippen LogP contribution in [0.25, 0.3) is 10.9 Å². The molecule has 0 aliphatic rings. The van der Waals surface area contributed by atoms with Crippen LogP contribution in [0.2, 0.25) is 0 Å². The summed E-state index contributed by atoms with van der Waals surface area (Å²) in [6.45, 7) is 8.32. The van der Waals surface area contributed by atoms with Gasteiger partial charge in [-0.1, -0.05) is 45.9 Å². The van der Waals surface area contributed by atoms with Crippen molar-refractivity contribution >= 4 is 22.9 Å². The van der Waals surface area contributed by atoms with Gasteiger partial charge in [0.2, 0.25) is 0 Å². The third kappa shape index (κ3) is 3.85. The lowest BCUT2D eigenvalue weighted by molar-refractivity contribution is 0.454. The fraction of sp³-hybridized carbons (Fsp3) is 0.273. The summed E-state index contributed by atoms with van der Waals surface area (Å²) in [5.74, 6) is 1.59. The van der Waals surface area contributed by atoms with E-state index in [1.165, 1.54) is 0 Å².